The summed E-state index contributed by atoms with van der Waals surface area (Å²) in [5, 5.41) is 11.7. The molecule has 0 aliphatic carbocycles. The highest BCUT2D eigenvalue weighted by molar-refractivity contribution is 5.90. The summed E-state index contributed by atoms with van der Waals surface area (Å²) in [6, 6.07) is 2.51. The maximum atomic E-state index is 13.1. The number of fused-ring (bicyclic) bond motifs is 1. The smallest absolute Gasteiger partial charge is 0.336 e. The molecular formula is C9H9ClFNO2. The fourth-order valence-corrected chi connectivity index (χ4v) is 1.57. The molecule has 2 rings (SSSR count). The Balaban J connectivity index is 0.000000980. The van der Waals surface area contributed by atoms with Gasteiger partial charge in [-0.05, 0) is 17.7 Å². The zero-order valence-corrected chi connectivity index (χ0v) is 8.03. The Hall–Kier alpha value is -1.13. The zero-order valence-electron chi connectivity index (χ0n) is 7.21. The van der Waals surface area contributed by atoms with Crippen LogP contribution in [0.3, 0.4) is 0 Å². The normalized spacial score (nSPS) is 13.2. The number of hydrogen-bond acceptors (Lipinski definition) is 2. The lowest BCUT2D eigenvalue weighted by molar-refractivity contribution is 0.0695. The summed E-state index contributed by atoms with van der Waals surface area (Å²) < 4.78 is 13.1. The zero-order chi connectivity index (χ0) is 9.42. The molecule has 1 aliphatic rings. The van der Waals surface area contributed by atoms with Crippen molar-refractivity contribution in [2.75, 3.05) is 0 Å². The highest BCUT2D eigenvalue weighted by atomic mass is 35.5. The Labute approximate surface area is 86.3 Å². The van der Waals surface area contributed by atoms with Gasteiger partial charge in [-0.15, -0.1) is 12.4 Å². The van der Waals surface area contributed by atoms with Crippen molar-refractivity contribution in [3.05, 3.63) is 34.6 Å². The van der Waals surface area contributed by atoms with E-state index in [1.807, 2.05) is 0 Å². The number of carboxylic acids is 1. The Morgan fingerprint density at radius 3 is 2.64 bits per heavy atom. The Kier molecular flexibility index (Phi) is 3.08. The minimum Gasteiger partial charge on any atom is -0.478 e. The standard InChI is InChI=1S/C9H8FNO2.ClH/c10-8-2-1-5(9(12)13)6-3-11-4-7(6)8;/h1-2,11H,3-4H2,(H,12,13);1H. The number of nitrogens with one attached hydrogen (secondary N) is 1. The van der Waals surface area contributed by atoms with Crippen LogP contribution in [0.25, 0.3) is 0 Å². The molecule has 0 spiro atoms. The van der Waals surface area contributed by atoms with Crippen molar-refractivity contribution in [2.45, 2.75) is 13.1 Å². The van der Waals surface area contributed by atoms with E-state index in [-0.39, 0.29) is 23.8 Å². The first-order valence-electron chi connectivity index (χ1n) is 3.94. The second kappa shape index (κ2) is 3.94. The van der Waals surface area contributed by atoms with E-state index in [0.29, 0.717) is 24.2 Å². The fraction of sp³-hybridized carbons (Fsp3) is 0.222. The third-order valence-electron chi connectivity index (χ3n) is 2.21. The van der Waals surface area contributed by atoms with E-state index < -0.39 is 5.97 Å². The molecular weight excluding hydrogens is 209 g/mol. The number of benzene rings is 1. The monoisotopic (exact) mass is 217 g/mol. The van der Waals surface area contributed by atoms with Crippen molar-refractivity contribution >= 4 is 18.4 Å². The van der Waals surface area contributed by atoms with Gasteiger partial charge in [0.2, 0.25) is 0 Å². The van der Waals surface area contributed by atoms with E-state index in [2.05, 4.69) is 5.32 Å². The number of carboxylic acid groups (broad SMARTS) is 1. The predicted octanol–water partition coefficient (Wildman–Crippen LogP) is 1.55. The van der Waals surface area contributed by atoms with Gasteiger partial charge in [-0.25, -0.2) is 9.18 Å². The molecule has 0 amide bonds. The van der Waals surface area contributed by atoms with Crippen LogP contribution in [0.15, 0.2) is 12.1 Å². The molecule has 0 saturated carbocycles. The van der Waals surface area contributed by atoms with Gasteiger partial charge in [-0.1, -0.05) is 0 Å². The molecule has 1 aliphatic heterocycles. The van der Waals surface area contributed by atoms with Gasteiger partial charge in [0.15, 0.2) is 0 Å². The molecule has 0 fully saturated rings. The van der Waals surface area contributed by atoms with Crippen molar-refractivity contribution in [1.82, 2.24) is 5.32 Å². The first-order chi connectivity index (χ1) is 6.20. The summed E-state index contributed by atoms with van der Waals surface area (Å²) in [5.41, 5.74) is 1.26. The quantitative estimate of drug-likeness (QED) is 0.751. The summed E-state index contributed by atoms with van der Waals surface area (Å²) >= 11 is 0. The molecule has 0 saturated heterocycles. The molecule has 0 aromatic heterocycles. The van der Waals surface area contributed by atoms with Crippen LogP contribution < -0.4 is 5.32 Å². The third-order valence-corrected chi connectivity index (χ3v) is 2.21. The summed E-state index contributed by atoms with van der Waals surface area (Å²) in [4.78, 5) is 10.7. The largest absolute Gasteiger partial charge is 0.478 e. The highest BCUT2D eigenvalue weighted by Gasteiger charge is 2.21. The first-order valence-corrected chi connectivity index (χ1v) is 3.94. The maximum Gasteiger partial charge on any atom is 0.336 e. The summed E-state index contributed by atoms with van der Waals surface area (Å²) in [7, 11) is 0. The SMILES string of the molecule is Cl.O=C(O)c1ccc(F)c2c1CNC2. The molecule has 2 N–H and O–H groups in total. The van der Waals surface area contributed by atoms with Gasteiger partial charge in [0.1, 0.15) is 5.82 Å². The summed E-state index contributed by atoms with van der Waals surface area (Å²) in [5.74, 6) is -1.33. The molecule has 0 atom stereocenters. The molecule has 76 valence electrons. The number of aromatic carboxylic acids is 1. The van der Waals surface area contributed by atoms with Gasteiger partial charge >= 0.3 is 5.97 Å². The molecule has 1 heterocycles. The van der Waals surface area contributed by atoms with E-state index in [4.69, 9.17) is 5.11 Å². The van der Waals surface area contributed by atoms with Crippen molar-refractivity contribution in [3.63, 3.8) is 0 Å². The molecule has 1 aromatic carbocycles. The predicted molar refractivity (Wildman–Crippen MR) is 51.2 cm³/mol. The van der Waals surface area contributed by atoms with Crippen LogP contribution in [0.5, 0.6) is 0 Å². The topological polar surface area (TPSA) is 49.3 Å². The Morgan fingerprint density at radius 1 is 1.36 bits per heavy atom. The number of rotatable bonds is 1. The van der Waals surface area contributed by atoms with Crippen molar-refractivity contribution in [3.8, 4) is 0 Å². The maximum absolute atomic E-state index is 13.1. The number of carbonyl (C=O) groups is 1. The van der Waals surface area contributed by atoms with Crippen LogP contribution in [-0.4, -0.2) is 11.1 Å². The fourth-order valence-electron chi connectivity index (χ4n) is 1.57. The molecule has 14 heavy (non-hydrogen) atoms. The molecule has 5 heteroatoms. The summed E-state index contributed by atoms with van der Waals surface area (Å²) in [6.07, 6.45) is 0. The average molecular weight is 218 g/mol. The van der Waals surface area contributed by atoms with E-state index in [0.717, 1.165) is 0 Å². The van der Waals surface area contributed by atoms with Crippen molar-refractivity contribution < 1.29 is 14.3 Å². The van der Waals surface area contributed by atoms with Gasteiger partial charge in [0.05, 0.1) is 5.56 Å². The van der Waals surface area contributed by atoms with Crippen molar-refractivity contribution in [1.29, 1.82) is 0 Å². The summed E-state index contributed by atoms with van der Waals surface area (Å²) in [6.45, 7) is 0.858. The Bertz CT molecular complexity index is 381. The van der Waals surface area contributed by atoms with Crippen LogP contribution in [-0.2, 0) is 13.1 Å². The van der Waals surface area contributed by atoms with Crippen LogP contribution in [0.1, 0.15) is 21.5 Å². The molecule has 0 radical (unpaired) electrons. The lowest BCUT2D eigenvalue weighted by Gasteiger charge is -2.03. The van der Waals surface area contributed by atoms with Gasteiger partial charge in [-0.3, -0.25) is 0 Å². The van der Waals surface area contributed by atoms with E-state index in [1.54, 1.807) is 0 Å². The second-order valence-corrected chi connectivity index (χ2v) is 2.96. The molecule has 0 bridgehead atoms. The first kappa shape index (κ1) is 10.9. The lowest BCUT2D eigenvalue weighted by atomic mass is 10.0. The van der Waals surface area contributed by atoms with E-state index in [1.165, 1.54) is 12.1 Å². The van der Waals surface area contributed by atoms with Gasteiger partial charge < -0.3 is 10.4 Å². The average Bonchev–Trinajstić information content (AvgIpc) is 2.53. The van der Waals surface area contributed by atoms with Crippen LogP contribution in [0, 0.1) is 5.82 Å². The van der Waals surface area contributed by atoms with Gasteiger partial charge in [0, 0.05) is 18.7 Å². The van der Waals surface area contributed by atoms with E-state index >= 15 is 0 Å². The minimum absolute atomic E-state index is 0. The minimum atomic E-state index is -1.00. The Morgan fingerprint density at radius 2 is 2.00 bits per heavy atom. The highest BCUT2D eigenvalue weighted by Crippen LogP contribution is 2.22. The number of halogens is 2. The lowest BCUT2D eigenvalue weighted by Crippen LogP contribution is -2.04. The number of hydrogen-bond donors (Lipinski definition) is 2. The van der Waals surface area contributed by atoms with E-state index in [9.17, 15) is 9.18 Å². The van der Waals surface area contributed by atoms with Crippen molar-refractivity contribution in [2.24, 2.45) is 0 Å². The van der Waals surface area contributed by atoms with Crippen LogP contribution >= 0.6 is 12.4 Å². The van der Waals surface area contributed by atoms with Gasteiger partial charge in [-0.2, -0.15) is 0 Å². The van der Waals surface area contributed by atoms with Crippen LogP contribution in [0.4, 0.5) is 4.39 Å². The molecule has 0 unspecified atom stereocenters. The molecule has 1 aromatic rings. The van der Waals surface area contributed by atoms with Gasteiger partial charge in [0.25, 0.3) is 0 Å². The third kappa shape index (κ3) is 1.58. The molecule has 3 nitrogen and oxygen atoms in total. The van der Waals surface area contributed by atoms with Crippen LogP contribution in [0.2, 0.25) is 0 Å². The second-order valence-electron chi connectivity index (χ2n) is 2.96.